The van der Waals surface area contributed by atoms with Crippen molar-refractivity contribution in [2.45, 2.75) is 19.5 Å². The van der Waals surface area contributed by atoms with Crippen LogP contribution in [0, 0.1) is 0 Å². The zero-order valence-electron chi connectivity index (χ0n) is 10.5. The van der Waals surface area contributed by atoms with E-state index in [1.807, 2.05) is 18.2 Å². The molecule has 2 aromatic rings. The van der Waals surface area contributed by atoms with Crippen molar-refractivity contribution < 1.29 is 9.21 Å². The van der Waals surface area contributed by atoms with Crippen molar-refractivity contribution in [3.05, 3.63) is 58.5 Å². The van der Waals surface area contributed by atoms with E-state index < -0.39 is 0 Å². The average Bonchev–Trinajstić information content (AvgIpc) is 2.87. The van der Waals surface area contributed by atoms with Crippen molar-refractivity contribution in [2.75, 3.05) is 0 Å². The lowest BCUT2D eigenvalue weighted by molar-refractivity contribution is 0.0921. The summed E-state index contributed by atoms with van der Waals surface area (Å²) in [5.41, 5.74) is 6.53. The van der Waals surface area contributed by atoms with Gasteiger partial charge in [0.05, 0.1) is 6.04 Å². The van der Waals surface area contributed by atoms with Crippen LogP contribution in [0.4, 0.5) is 0 Å². The van der Waals surface area contributed by atoms with Gasteiger partial charge in [0, 0.05) is 11.6 Å². The van der Waals surface area contributed by atoms with E-state index in [9.17, 15) is 4.79 Å². The summed E-state index contributed by atoms with van der Waals surface area (Å²) in [5, 5.41) is 3.37. The number of hydrogen-bond donors (Lipinski definition) is 2. The Bertz CT molecular complexity index is 578. The lowest BCUT2D eigenvalue weighted by Gasteiger charge is -2.05. The molecule has 1 amide bonds. The van der Waals surface area contributed by atoms with Crippen molar-refractivity contribution in [1.29, 1.82) is 0 Å². The molecule has 0 aliphatic rings. The van der Waals surface area contributed by atoms with Gasteiger partial charge in [-0.05, 0) is 30.7 Å². The predicted molar refractivity (Wildman–Crippen MR) is 73.9 cm³/mol. The summed E-state index contributed by atoms with van der Waals surface area (Å²) < 4.78 is 5.36. The lowest BCUT2D eigenvalue weighted by Crippen LogP contribution is -2.22. The van der Waals surface area contributed by atoms with Gasteiger partial charge >= 0.3 is 0 Å². The molecule has 19 heavy (non-hydrogen) atoms. The summed E-state index contributed by atoms with van der Waals surface area (Å²) in [7, 11) is 0. The highest BCUT2D eigenvalue weighted by atomic mass is 35.5. The van der Waals surface area contributed by atoms with Crippen LogP contribution in [0.2, 0.25) is 5.02 Å². The molecule has 0 radical (unpaired) electrons. The van der Waals surface area contributed by atoms with Crippen LogP contribution in [0.15, 0.2) is 40.8 Å². The number of furan rings is 1. The van der Waals surface area contributed by atoms with Crippen molar-refractivity contribution in [3.8, 4) is 0 Å². The molecule has 0 spiro atoms. The largest absolute Gasteiger partial charge is 0.454 e. The molecule has 0 bridgehead atoms. The van der Waals surface area contributed by atoms with E-state index in [-0.39, 0.29) is 17.7 Å². The molecule has 100 valence electrons. The van der Waals surface area contributed by atoms with Crippen LogP contribution in [0.25, 0.3) is 0 Å². The Balaban J connectivity index is 1.99. The van der Waals surface area contributed by atoms with Crippen LogP contribution in [0.1, 0.15) is 34.8 Å². The summed E-state index contributed by atoms with van der Waals surface area (Å²) in [6.07, 6.45) is 0. The van der Waals surface area contributed by atoms with Gasteiger partial charge < -0.3 is 15.5 Å². The normalized spacial score (nSPS) is 12.2. The molecule has 1 unspecified atom stereocenters. The first-order valence-corrected chi connectivity index (χ1v) is 6.32. The number of rotatable bonds is 4. The fraction of sp³-hybridized carbons (Fsp3) is 0.214. The van der Waals surface area contributed by atoms with Gasteiger partial charge in [0.1, 0.15) is 5.76 Å². The summed E-state index contributed by atoms with van der Waals surface area (Å²) in [4.78, 5) is 11.9. The van der Waals surface area contributed by atoms with Crippen molar-refractivity contribution >= 4 is 17.5 Å². The monoisotopic (exact) mass is 278 g/mol. The zero-order valence-corrected chi connectivity index (χ0v) is 11.3. The molecular formula is C14H15ClN2O2. The van der Waals surface area contributed by atoms with E-state index in [4.69, 9.17) is 21.8 Å². The van der Waals surface area contributed by atoms with Gasteiger partial charge in [-0.2, -0.15) is 0 Å². The van der Waals surface area contributed by atoms with Crippen molar-refractivity contribution in [1.82, 2.24) is 5.32 Å². The van der Waals surface area contributed by atoms with Gasteiger partial charge in [-0.15, -0.1) is 0 Å². The third-order valence-electron chi connectivity index (χ3n) is 2.70. The molecule has 1 heterocycles. The molecule has 5 heteroatoms. The Hall–Kier alpha value is -1.78. The van der Waals surface area contributed by atoms with Gasteiger partial charge in [-0.1, -0.05) is 29.8 Å². The highest BCUT2D eigenvalue weighted by Crippen LogP contribution is 2.16. The van der Waals surface area contributed by atoms with Crippen LogP contribution in [0.5, 0.6) is 0 Å². The minimum Gasteiger partial charge on any atom is -0.454 e. The van der Waals surface area contributed by atoms with E-state index >= 15 is 0 Å². The summed E-state index contributed by atoms with van der Waals surface area (Å²) in [6, 6.07) is 10.4. The summed E-state index contributed by atoms with van der Waals surface area (Å²) in [6.45, 7) is 2.15. The Kier molecular flexibility index (Phi) is 4.24. The zero-order chi connectivity index (χ0) is 13.8. The number of halogens is 1. The van der Waals surface area contributed by atoms with Crippen molar-refractivity contribution in [3.63, 3.8) is 0 Å². The quantitative estimate of drug-likeness (QED) is 0.903. The highest BCUT2D eigenvalue weighted by Gasteiger charge is 2.13. The van der Waals surface area contributed by atoms with E-state index in [2.05, 4.69) is 5.32 Å². The first-order chi connectivity index (χ1) is 9.08. The number of carbonyl (C=O) groups is 1. The topological polar surface area (TPSA) is 68.3 Å². The van der Waals surface area contributed by atoms with Crippen LogP contribution in [-0.2, 0) is 6.54 Å². The Morgan fingerprint density at radius 2 is 2.11 bits per heavy atom. The molecular weight excluding hydrogens is 264 g/mol. The van der Waals surface area contributed by atoms with Gasteiger partial charge in [0.15, 0.2) is 5.76 Å². The molecule has 0 fully saturated rings. The van der Waals surface area contributed by atoms with E-state index in [0.717, 1.165) is 5.56 Å². The maximum Gasteiger partial charge on any atom is 0.287 e. The number of hydrogen-bond acceptors (Lipinski definition) is 3. The second-order valence-electron chi connectivity index (χ2n) is 4.26. The van der Waals surface area contributed by atoms with Crippen LogP contribution in [0.3, 0.4) is 0 Å². The Morgan fingerprint density at radius 1 is 1.37 bits per heavy atom. The fourth-order valence-electron chi connectivity index (χ4n) is 1.62. The van der Waals surface area contributed by atoms with Crippen LogP contribution < -0.4 is 11.1 Å². The standard InChI is InChI=1S/C14H15ClN2O2/c1-9(16)12-6-7-13(19-12)14(18)17-8-10-4-2-3-5-11(10)15/h2-7,9H,8,16H2,1H3,(H,17,18). The third kappa shape index (κ3) is 3.36. The van der Waals surface area contributed by atoms with Gasteiger partial charge in [-0.3, -0.25) is 4.79 Å². The lowest BCUT2D eigenvalue weighted by atomic mass is 10.2. The molecule has 0 saturated carbocycles. The molecule has 2 rings (SSSR count). The maximum absolute atomic E-state index is 11.9. The van der Waals surface area contributed by atoms with E-state index in [1.165, 1.54) is 0 Å². The maximum atomic E-state index is 11.9. The number of benzene rings is 1. The molecule has 3 N–H and O–H groups in total. The summed E-state index contributed by atoms with van der Waals surface area (Å²) in [5.74, 6) is 0.550. The fourth-order valence-corrected chi connectivity index (χ4v) is 1.83. The number of nitrogens with two attached hydrogens (primary N) is 1. The summed E-state index contributed by atoms with van der Waals surface area (Å²) >= 11 is 6.01. The second kappa shape index (κ2) is 5.91. The first kappa shape index (κ1) is 13.6. The predicted octanol–water partition coefficient (Wildman–Crippen LogP) is 2.88. The molecule has 0 saturated heterocycles. The highest BCUT2D eigenvalue weighted by molar-refractivity contribution is 6.31. The molecule has 1 aromatic heterocycles. The number of nitrogens with one attached hydrogen (secondary N) is 1. The number of amides is 1. The molecule has 0 aliphatic heterocycles. The second-order valence-corrected chi connectivity index (χ2v) is 4.67. The van der Waals surface area contributed by atoms with E-state index in [1.54, 1.807) is 25.1 Å². The SMILES string of the molecule is CC(N)c1ccc(C(=O)NCc2ccccc2Cl)o1. The Labute approximate surface area is 116 Å². The number of carbonyl (C=O) groups excluding carboxylic acids is 1. The minimum atomic E-state index is -0.285. The van der Waals surface area contributed by atoms with Gasteiger partial charge in [0.25, 0.3) is 5.91 Å². The minimum absolute atomic E-state index is 0.231. The molecule has 0 aliphatic carbocycles. The van der Waals surface area contributed by atoms with Gasteiger partial charge in [-0.25, -0.2) is 0 Å². The van der Waals surface area contributed by atoms with Crippen molar-refractivity contribution in [2.24, 2.45) is 5.73 Å². The van der Waals surface area contributed by atoms with Crippen LogP contribution >= 0.6 is 11.6 Å². The molecule has 1 aromatic carbocycles. The van der Waals surface area contributed by atoms with E-state index in [0.29, 0.717) is 17.3 Å². The molecule has 1 atom stereocenters. The average molecular weight is 279 g/mol. The first-order valence-electron chi connectivity index (χ1n) is 5.95. The third-order valence-corrected chi connectivity index (χ3v) is 3.07. The molecule has 4 nitrogen and oxygen atoms in total. The van der Waals surface area contributed by atoms with Crippen LogP contribution in [-0.4, -0.2) is 5.91 Å². The Morgan fingerprint density at radius 3 is 2.74 bits per heavy atom. The van der Waals surface area contributed by atoms with Gasteiger partial charge in [0.2, 0.25) is 0 Å². The smallest absolute Gasteiger partial charge is 0.287 e.